The van der Waals surface area contributed by atoms with Gasteiger partial charge in [0.25, 0.3) is 0 Å². The Morgan fingerprint density at radius 1 is 0.714 bits per heavy atom. The van der Waals surface area contributed by atoms with Gasteiger partial charge in [-0.25, -0.2) is 9.97 Å². The number of alkyl halides is 3. The first-order chi connectivity index (χ1) is 40.0. The van der Waals surface area contributed by atoms with Gasteiger partial charge in [0.1, 0.15) is 17.2 Å². The third-order valence-electron chi connectivity index (χ3n) is 15.7. The Kier molecular flexibility index (Phi) is 25.5. The average Bonchev–Trinajstić information content (AvgIpc) is 3.66. The molecule has 4 aliphatic rings. The maximum absolute atomic E-state index is 12.2. The molecule has 4 aromatic heterocycles. The highest BCUT2D eigenvalue weighted by Gasteiger charge is 2.34. The summed E-state index contributed by atoms with van der Waals surface area (Å²) in [5, 5.41) is 43.4. The van der Waals surface area contributed by atoms with Gasteiger partial charge in [-0.3, -0.25) is 24.4 Å². The fourth-order valence-corrected chi connectivity index (χ4v) is 11.5. The number of hydrogen-bond acceptors (Lipinski definition) is 16. The number of aromatic nitrogens is 4. The molecule has 456 valence electrons. The molecule has 17 nitrogen and oxygen atoms in total. The molecule has 2 saturated carbocycles. The van der Waals surface area contributed by atoms with Crippen molar-refractivity contribution in [2.24, 2.45) is 22.7 Å². The highest BCUT2D eigenvalue weighted by molar-refractivity contribution is 6.33. The molecule has 4 fully saturated rings. The van der Waals surface area contributed by atoms with Gasteiger partial charge < -0.3 is 40.6 Å². The van der Waals surface area contributed by atoms with E-state index in [2.05, 4.69) is 56.4 Å². The number of ether oxygens (including phenoxy) is 3. The maximum Gasteiger partial charge on any atom is 0.446 e. The molecule has 0 radical (unpaired) electrons. The van der Waals surface area contributed by atoms with Crippen LogP contribution in [0.15, 0.2) is 60.9 Å². The Morgan fingerprint density at radius 2 is 1.11 bits per heavy atom. The number of carboxylic acids is 1. The summed E-state index contributed by atoms with van der Waals surface area (Å²) >= 11 is 13.1. The van der Waals surface area contributed by atoms with Crippen LogP contribution in [0.1, 0.15) is 136 Å². The van der Waals surface area contributed by atoms with E-state index in [-0.39, 0.29) is 24.5 Å². The molecule has 84 heavy (non-hydrogen) atoms. The van der Waals surface area contributed by atoms with Gasteiger partial charge in [-0.15, -0.1) is 0 Å². The fourth-order valence-electron chi connectivity index (χ4n) is 11.1. The van der Waals surface area contributed by atoms with Gasteiger partial charge in [0, 0.05) is 98.6 Å². The molecular weight excluding hydrogens is 1120 g/mol. The van der Waals surface area contributed by atoms with Crippen molar-refractivity contribution in [1.29, 1.82) is 10.5 Å². The van der Waals surface area contributed by atoms with Gasteiger partial charge in [-0.2, -0.15) is 23.7 Å². The molecule has 0 bridgehead atoms. The Balaban J connectivity index is 0.000000246. The molecule has 5 N–H and O–H groups in total. The number of aliphatic carboxylic acids is 1. The van der Waals surface area contributed by atoms with Crippen molar-refractivity contribution < 1.29 is 46.9 Å². The van der Waals surface area contributed by atoms with E-state index in [4.69, 9.17) is 57.3 Å². The van der Waals surface area contributed by atoms with Gasteiger partial charge in [0.2, 0.25) is 6.29 Å². The van der Waals surface area contributed by atoms with Crippen molar-refractivity contribution in [3.05, 3.63) is 82.4 Å². The smallest absolute Gasteiger partial charge is 0.446 e. The van der Waals surface area contributed by atoms with Crippen molar-refractivity contribution in [1.82, 2.24) is 30.6 Å². The van der Waals surface area contributed by atoms with E-state index in [9.17, 15) is 33.3 Å². The van der Waals surface area contributed by atoms with Crippen LogP contribution in [0.25, 0.3) is 22.5 Å². The summed E-state index contributed by atoms with van der Waals surface area (Å²) in [5.74, 6) is 1.62. The molecule has 0 amide bonds. The van der Waals surface area contributed by atoms with Crippen molar-refractivity contribution in [3.8, 4) is 34.7 Å². The zero-order chi connectivity index (χ0) is 60.9. The SMILES string of the molecule is C[C@H](CC(=O)O)NC1CCC(Cc2cc(-c3cccc(NCC4(C#N)CCOCC4)n3)c(Cl)cn2)CC1.C[C@H](CC(=O)OC(C)(C)C)NC1CCC(Cc2cc(-c3cccc(NCC4(C#N)CCOCC4)n3)c(Cl)cn2)CC1.O=CC(F)(F)F. The van der Waals surface area contributed by atoms with Crippen LogP contribution < -0.4 is 21.3 Å². The minimum absolute atomic E-state index is 0.0144. The first-order valence-electron chi connectivity index (χ1n) is 29.1. The van der Waals surface area contributed by atoms with Crippen LogP contribution in [0, 0.1) is 45.3 Å². The summed E-state index contributed by atoms with van der Waals surface area (Å²) in [6.45, 7) is 13.2. The lowest BCUT2D eigenvalue weighted by atomic mass is 9.82. The second-order valence-corrected chi connectivity index (χ2v) is 24.7. The number of anilines is 2. The van der Waals surface area contributed by atoms with E-state index in [1.54, 1.807) is 12.4 Å². The number of pyridine rings is 4. The molecule has 6 heterocycles. The van der Waals surface area contributed by atoms with E-state index < -0.39 is 34.9 Å². The molecule has 0 spiro atoms. The number of carbonyl (C=O) groups is 3. The summed E-state index contributed by atoms with van der Waals surface area (Å²) in [6.07, 6.45) is 11.6. The van der Waals surface area contributed by atoms with E-state index >= 15 is 0 Å². The summed E-state index contributed by atoms with van der Waals surface area (Å²) in [6, 6.07) is 21.6. The number of esters is 1. The normalized spacial score (nSPS) is 21.0. The number of carboxylic acid groups (broad SMARTS) is 1. The maximum atomic E-state index is 12.2. The van der Waals surface area contributed by atoms with Crippen LogP contribution in [0.3, 0.4) is 0 Å². The highest BCUT2D eigenvalue weighted by atomic mass is 35.5. The Morgan fingerprint density at radius 3 is 1.46 bits per heavy atom. The standard InChI is InChI=1S/C32H44ClN5O3.C28H36ClN5O3.C2HF3O/c1-22(16-30(39)41-31(2,3)4)37-24-10-8-23(9-11-24)17-25-18-26(27(33)19-35-25)28-6-5-7-29(38-28)36-21-32(20-34)12-14-40-15-13-32;1-19(13-27(35)36)33-21-7-5-20(6-8-21)14-22-15-23(24(29)16-31-22)25-3-2-4-26(34-25)32-18-28(17-30)9-11-37-12-10-28;3-2(4,5)1-6/h5-7,18-19,22-24,37H,8-17,21H2,1-4H3,(H,36,38);2-4,15-16,19-21,33H,5-14,18H2,1H3,(H,32,34)(H,35,36);1H/t22-,23?,24?;19-,20?,21?;/m11./s1. The van der Waals surface area contributed by atoms with Crippen LogP contribution in [-0.4, -0.2) is 119 Å². The Hall–Kier alpha value is -6.00. The first-order valence-corrected chi connectivity index (χ1v) is 29.9. The van der Waals surface area contributed by atoms with E-state index in [1.807, 2.05) is 70.2 Å². The van der Waals surface area contributed by atoms with Gasteiger partial charge in [-0.1, -0.05) is 35.3 Å². The zero-order valence-electron chi connectivity index (χ0n) is 48.8. The fraction of sp³-hybridized carbons (Fsp3) is 0.597. The van der Waals surface area contributed by atoms with E-state index in [1.165, 1.54) is 0 Å². The van der Waals surface area contributed by atoms with E-state index in [0.29, 0.717) is 79.9 Å². The van der Waals surface area contributed by atoms with Gasteiger partial charge in [-0.05, 0) is 173 Å². The molecular formula is C62H81Cl2F3N10O7. The van der Waals surface area contributed by atoms with Crippen molar-refractivity contribution in [2.75, 3.05) is 50.2 Å². The van der Waals surface area contributed by atoms with Crippen LogP contribution >= 0.6 is 23.2 Å². The van der Waals surface area contributed by atoms with Crippen LogP contribution in [0.5, 0.6) is 0 Å². The zero-order valence-corrected chi connectivity index (χ0v) is 50.4. The third-order valence-corrected chi connectivity index (χ3v) is 16.3. The predicted octanol–water partition coefficient (Wildman–Crippen LogP) is 12.2. The Labute approximate surface area is 502 Å². The monoisotopic (exact) mass is 1200 g/mol. The molecule has 8 rings (SSSR count). The molecule has 22 heteroatoms. The minimum atomic E-state index is -4.64. The number of carbonyl (C=O) groups excluding carboxylic acids is 2. The third kappa shape index (κ3) is 22.4. The van der Waals surface area contributed by atoms with Crippen molar-refractivity contribution in [2.45, 2.75) is 173 Å². The number of nitrogens with one attached hydrogen (secondary N) is 4. The largest absolute Gasteiger partial charge is 0.481 e. The average molecular weight is 1210 g/mol. The molecule has 4 aromatic rings. The number of halogens is 5. The number of aldehydes is 1. The van der Waals surface area contributed by atoms with Crippen LogP contribution in [0.2, 0.25) is 10.0 Å². The lowest BCUT2D eigenvalue weighted by Crippen LogP contribution is -2.41. The molecule has 2 aliphatic carbocycles. The summed E-state index contributed by atoms with van der Waals surface area (Å²) in [5.41, 5.74) is 3.99. The first kappa shape index (κ1) is 67.1. The summed E-state index contributed by atoms with van der Waals surface area (Å²) in [7, 11) is 0. The Bertz CT molecular complexity index is 2850. The van der Waals surface area contributed by atoms with E-state index in [0.717, 1.165) is 135 Å². The minimum Gasteiger partial charge on any atom is -0.481 e. The van der Waals surface area contributed by atoms with Crippen LogP contribution in [-0.2, 0) is 41.4 Å². The van der Waals surface area contributed by atoms with Crippen molar-refractivity contribution in [3.63, 3.8) is 0 Å². The predicted molar refractivity (Wildman–Crippen MR) is 317 cm³/mol. The summed E-state index contributed by atoms with van der Waals surface area (Å²) < 4.78 is 47.6. The van der Waals surface area contributed by atoms with Crippen molar-refractivity contribution >= 4 is 53.1 Å². The number of hydrogen-bond donors (Lipinski definition) is 5. The second-order valence-electron chi connectivity index (χ2n) is 23.9. The van der Waals surface area contributed by atoms with Gasteiger partial charge in [0.15, 0.2) is 0 Å². The quantitative estimate of drug-likeness (QED) is 0.0408. The number of nitriles is 2. The van der Waals surface area contributed by atoms with Gasteiger partial charge in [0.05, 0.1) is 57.2 Å². The molecule has 2 atom stereocenters. The number of rotatable bonds is 20. The highest BCUT2D eigenvalue weighted by Crippen LogP contribution is 2.36. The molecule has 0 unspecified atom stereocenters. The van der Waals surface area contributed by atoms with Gasteiger partial charge >= 0.3 is 18.1 Å². The van der Waals surface area contributed by atoms with Crippen LogP contribution in [0.4, 0.5) is 24.8 Å². The second kappa shape index (κ2) is 31.9. The number of nitrogens with zero attached hydrogens (tertiary/aromatic N) is 6. The molecule has 0 aromatic carbocycles. The lowest BCUT2D eigenvalue weighted by molar-refractivity contribution is -0.156. The molecule has 2 saturated heterocycles. The lowest BCUT2D eigenvalue weighted by Gasteiger charge is -2.31. The topological polar surface area (TPSA) is 246 Å². The summed E-state index contributed by atoms with van der Waals surface area (Å²) in [4.78, 5) is 50.6. The molecule has 2 aliphatic heterocycles.